The third kappa shape index (κ3) is 3.40. The van der Waals surface area contributed by atoms with Gasteiger partial charge in [-0.15, -0.1) is 5.10 Å². The smallest absolute Gasteiger partial charge is 0.267 e. The number of nitrogens with zero attached hydrogens (tertiary/aromatic N) is 5. The highest BCUT2D eigenvalue weighted by Gasteiger charge is 2.38. The van der Waals surface area contributed by atoms with Crippen molar-refractivity contribution < 1.29 is 23.2 Å². The van der Waals surface area contributed by atoms with E-state index in [2.05, 4.69) is 16.9 Å². The van der Waals surface area contributed by atoms with Crippen molar-refractivity contribution in [1.82, 2.24) is 19.9 Å². The number of carbonyl (C=O) groups excluding carboxylic acids is 3. The van der Waals surface area contributed by atoms with Crippen molar-refractivity contribution in [2.75, 3.05) is 18.0 Å². The molecule has 0 aliphatic carbocycles. The molecule has 1 aromatic heterocycles. The Morgan fingerprint density at radius 3 is 2.26 bits per heavy atom. The maximum absolute atomic E-state index is 15.0. The Balaban J connectivity index is 1.42. The molecule has 34 heavy (non-hydrogen) atoms. The van der Waals surface area contributed by atoms with Gasteiger partial charge in [0.15, 0.2) is 5.82 Å². The molecule has 10 heteroatoms. The summed E-state index contributed by atoms with van der Waals surface area (Å²) in [5.74, 6) is -3.00. The fraction of sp³-hybridized carbons (Fsp3) is 0.125. The predicted octanol–water partition coefficient (Wildman–Crippen LogP) is 3.15. The van der Waals surface area contributed by atoms with Gasteiger partial charge in [-0.25, -0.2) is 18.4 Å². The maximum Gasteiger partial charge on any atom is 0.267 e. The molecule has 3 aromatic rings. The molecule has 0 fully saturated rings. The van der Waals surface area contributed by atoms with Crippen molar-refractivity contribution in [3.8, 4) is 5.69 Å². The zero-order valence-electron chi connectivity index (χ0n) is 17.7. The van der Waals surface area contributed by atoms with Crippen LogP contribution in [0.3, 0.4) is 0 Å². The fourth-order valence-corrected chi connectivity index (χ4v) is 4.11. The van der Waals surface area contributed by atoms with Gasteiger partial charge in [0.25, 0.3) is 11.8 Å². The van der Waals surface area contributed by atoms with Gasteiger partial charge in [-0.05, 0) is 30.2 Å². The minimum absolute atomic E-state index is 0.0361. The number of halogens is 2. The molecule has 0 unspecified atom stereocenters. The Hall–Kier alpha value is -4.47. The molecule has 0 saturated heterocycles. The Morgan fingerprint density at radius 1 is 1.06 bits per heavy atom. The molecule has 2 aromatic carbocycles. The average molecular weight is 461 g/mol. The molecule has 0 N–H and O–H groups in total. The zero-order valence-corrected chi connectivity index (χ0v) is 17.7. The van der Waals surface area contributed by atoms with E-state index in [9.17, 15) is 23.2 Å². The van der Waals surface area contributed by atoms with Gasteiger partial charge in [0.1, 0.15) is 11.6 Å². The number of aromatic nitrogens is 3. The van der Waals surface area contributed by atoms with Crippen LogP contribution in [0.1, 0.15) is 32.7 Å². The standard InChI is InChI=1S/C24H17F2N5O3/c1-2-21(32)29-9-7-14(8-10-29)22-18(25)11-15(12-19(22)26)30-13-20(27-28-30)31-23(33)16-5-3-4-6-17(16)24(31)34/h2-7,11-13H,1,8-10H2. The molecule has 3 heterocycles. The van der Waals surface area contributed by atoms with E-state index < -0.39 is 23.4 Å². The van der Waals surface area contributed by atoms with E-state index in [0.29, 0.717) is 18.5 Å². The van der Waals surface area contributed by atoms with Crippen LogP contribution in [0.15, 0.2) is 61.3 Å². The molecule has 2 aliphatic rings. The first-order valence-corrected chi connectivity index (χ1v) is 10.4. The quantitative estimate of drug-likeness (QED) is 0.440. The summed E-state index contributed by atoms with van der Waals surface area (Å²) in [5, 5.41) is 7.70. The van der Waals surface area contributed by atoms with E-state index in [1.165, 1.54) is 29.3 Å². The van der Waals surface area contributed by atoms with Crippen LogP contribution in [0.5, 0.6) is 0 Å². The van der Waals surface area contributed by atoms with Crippen LogP contribution in [0.2, 0.25) is 0 Å². The first-order chi connectivity index (χ1) is 16.4. The average Bonchev–Trinajstić information content (AvgIpc) is 3.42. The number of hydrogen-bond acceptors (Lipinski definition) is 5. The van der Waals surface area contributed by atoms with Gasteiger partial charge >= 0.3 is 0 Å². The number of hydrogen-bond donors (Lipinski definition) is 0. The summed E-state index contributed by atoms with van der Waals surface area (Å²) in [6, 6.07) is 8.57. The topological polar surface area (TPSA) is 88.4 Å². The summed E-state index contributed by atoms with van der Waals surface area (Å²) in [6.45, 7) is 3.99. The highest BCUT2D eigenvalue weighted by atomic mass is 19.1. The highest BCUT2D eigenvalue weighted by molar-refractivity contribution is 6.34. The lowest BCUT2D eigenvalue weighted by Gasteiger charge is -2.26. The van der Waals surface area contributed by atoms with Crippen molar-refractivity contribution >= 4 is 29.1 Å². The van der Waals surface area contributed by atoms with Crippen molar-refractivity contribution in [2.45, 2.75) is 6.42 Å². The van der Waals surface area contributed by atoms with Crippen molar-refractivity contribution in [3.05, 3.63) is 89.7 Å². The number of amides is 3. The second kappa shape index (κ2) is 8.14. The van der Waals surface area contributed by atoms with Gasteiger partial charge in [0.2, 0.25) is 5.91 Å². The third-order valence-electron chi connectivity index (χ3n) is 5.81. The number of imide groups is 1. The number of fused-ring (bicyclic) bond motifs is 1. The summed E-state index contributed by atoms with van der Waals surface area (Å²) >= 11 is 0. The van der Waals surface area contributed by atoms with Crippen LogP contribution in [-0.4, -0.2) is 50.7 Å². The lowest BCUT2D eigenvalue weighted by molar-refractivity contribution is -0.125. The monoisotopic (exact) mass is 461 g/mol. The van der Waals surface area contributed by atoms with Crippen LogP contribution in [-0.2, 0) is 4.79 Å². The largest absolute Gasteiger partial charge is 0.335 e. The van der Waals surface area contributed by atoms with E-state index in [1.54, 1.807) is 18.2 Å². The van der Waals surface area contributed by atoms with E-state index in [4.69, 9.17) is 0 Å². The molecule has 0 spiro atoms. The third-order valence-corrected chi connectivity index (χ3v) is 5.81. The van der Waals surface area contributed by atoms with E-state index in [1.807, 2.05) is 0 Å². The fourth-order valence-electron chi connectivity index (χ4n) is 4.11. The minimum atomic E-state index is -0.803. The van der Waals surface area contributed by atoms with E-state index in [-0.39, 0.29) is 40.6 Å². The number of benzene rings is 2. The molecular formula is C24H17F2N5O3. The normalized spacial score (nSPS) is 15.4. The zero-order chi connectivity index (χ0) is 24.0. The van der Waals surface area contributed by atoms with Crippen LogP contribution in [0.25, 0.3) is 11.3 Å². The molecule has 8 nitrogen and oxygen atoms in total. The molecule has 0 bridgehead atoms. The highest BCUT2D eigenvalue weighted by Crippen LogP contribution is 2.30. The number of carbonyl (C=O) groups is 3. The van der Waals surface area contributed by atoms with Gasteiger partial charge in [0, 0.05) is 30.8 Å². The predicted molar refractivity (Wildman–Crippen MR) is 118 cm³/mol. The Morgan fingerprint density at radius 2 is 1.71 bits per heavy atom. The summed E-state index contributed by atoms with van der Waals surface area (Å²) in [4.78, 5) is 39.4. The van der Waals surface area contributed by atoms with E-state index >= 15 is 0 Å². The molecule has 5 rings (SSSR count). The summed E-state index contributed by atoms with van der Waals surface area (Å²) in [6.07, 6.45) is 4.36. The number of anilines is 1. The summed E-state index contributed by atoms with van der Waals surface area (Å²) < 4.78 is 31.0. The second-order valence-corrected chi connectivity index (χ2v) is 7.76. The van der Waals surface area contributed by atoms with Crippen LogP contribution in [0, 0.1) is 11.6 Å². The Bertz CT molecular complexity index is 1350. The Labute approximate surface area is 192 Å². The number of rotatable bonds is 4. The molecule has 2 aliphatic heterocycles. The van der Waals surface area contributed by atoms with E-state index in [0.717, 1.165) is 21.7 Å². The van der Waals surface area contributed by atoms with Crippen LogP contribution in [0.4, 0.5) is 14.6 Å². The molecular weight excluding hydrogens is 444 g/mol. The van der Waals surface area contributed by atoms with Crippen molar-refractivity contribution in [3.63, 3.8) is 0 Å². The van der Waals surface area contributed by atoms with Crippen LogP contribution >= 0.6 is 0 Å². The molecule has 0 atom stereocenters. The Kier molecular flexibility index (Phi) is 5.12. The van der Waals surface area contributed by atoms with Gasteiger partial charge < -0.3 is 4.90 Å². The second-order valence-electron chi connectivity index (χ2n) is 7.76. The molecule has 0 saturated carbocycles. The molecule has 170 valence electrons. The van der Waals surface area contributed by atoms with Gasteiger partial charge in [-0.1, -0.05) is 30.0 Å². The first-order valence-electron chi connectivity index (χ1n) is 10.4. The lowest BCUT2D eigenvalue weighted by atomic mass is 9.98. The minimum Gasteiger partial charge on any atom is -0.335 e. The van der Waals surface area contributed by atoms with Crippen molar-refractivity contribution in [1.29, 1.82) is 0 Å². The maximum atomic E-state index is 15.0. The first kappa shape index (κ1) is 21.4. The SMILES string of the molecule is C=CC(=O)N1CC=C(c2c(F)cc(-n3cc(N4C(=O)c5ccccc5C4=O)nn3)cc2F)CC1. The van der Waals surface area contributed by atoms with Gasteiger partial charge in [-0.3, -0.25) is 14.4 Å². The van der Waals surface area contributed by atoms with Crippen molar-refractivity contribution in [2.24, 2.45) is 0 Å². The van der Waals surface area contributed by atoms with Gasteiger partial charge in [-0.2, -0.15) is 0 Å². The summed E-state index contributed by atoms with van der Waals surface area (Å²) in [7, 11) is 0. The van der Waals surface area contributed by atoms with Gasteiger partial charge in [0.05, 0.1) is 23.0 Å². The molecule has 3 amide bonds. The van der Waals surface area contributed by atoms with Crippen LogP contribution < -0.4 is 4.90 Å². The molecule has 0 radical (unpaired) electrons. The summed E-state index contributed by atoms with van der Waals surface area (Å²) in [5.41, 5.74) is 0.819. The lowest BCUT2D eigenvalue weighted by Crippen LogP contribution is -2.33.